The second kappa shape index (κ2) is 3.38. The fourth-order valence-electron chi connectivity index (χ4n) is 2.19. The average Bonchev–Trinajstić information content (AvgIpc) is 2.71. The van der Waals surface area contributed by atoms with E-state index in [9.17, 15) is 0 Å². The molecule has 0 saturated heterocycles. The lowest BCUT2D eigenvalue weighted by atomic mass is 9.85. The standard InChI is InChI=1S/C11H16N4/c12-7-10-6-11-14(4-5-15(11)13-10)8-9-2-1-3-9/h4-6,9H,1-3,7-8,12H2. The van der Waals surface area contributed by atoms with Crippen molar-refractivity contribution >= 4 is 5.65 Å². The van der Waals surface area contributed by atoms with E-state index >= 15 is 0 Å². The van der Waals surface area contributed by atoms with Crippen LogP contribution < -0.4 is 5.73 Å². The van der Waals surface area contributed by atoms with Gasteiger partial charge in [-0.15, -0.1) is 0 Å². The van der Waals surface area contributed by atoms with E-state index in [0.29, 0.717) is 6.54 Å². The molecule has 1 saturated carbocycles. The number of hydrogen-bond donors (Lipinski definition) is 1. The number of nitrogens with two attached hydrogens (primary N) is 1. The third-order valence-electron chi connectivity index (χ3n) is 3.34. The first-order valence-corrected chi connectivity index (χ1v) is 5.60. The van der Waals surface area contributed by atoms with E-state index in [1.54, 1.807) is 0 Å². The Morgan fingerprint density at radius 3 is 2.93 bits per heavy atom. The Hall–Kier alpha value is -1.29. The molecule has 2 N–H and O–H groups in total. The van der Waals surface area contributed by atoms with E-state index in [-0.39, 0.29) is 0 Å². The summed E-state index contributed by atoms with van der Waals surface area (Å²) in [6, 6.07) is 2.08. The van der Waals surface area contributed by atoms with Gasteiger partial charge in [-0.25, -0.2) is 4.52 Å². The Balaban J connectivity index is 1.91. The predicted octanol–water partition coefficient (Wildman–Crippen LogP) is 1.39. The molecule has 0 bridgehead atoms. The number of fused-ring (bicyclic) bond motifs is 1. The summed E-state index contributed by atoms with van der Waals surface area (Å²) in [6.07, 6.45) is 8.27. The normalized spacial score (nSPS) is 17.1. The van der Waals surface area contributed by atoms with Crippen LogP contribution in [0.5, 0.6) is 0 Å². The first kappa shape index (κ1) is 8.97. The largest absolute Gasteiger partial charge is 0.331 e. The molecule has 0 radical (unpaired) electrons. The van der Waals surface area contributed by atoms with Crippen LogP contribution in [0, 0.1) is 5.92 Å². The quantitative estimate of drug-likeness (QED) is 0.821. The van der Waals surface area contributed by atoms with Crippen LogP contribution in [0.1, 0.15) is 25.0 Å². The first-order valence-electron chi connectivity index (χ1n) is 5.60. The molecule has 4 nitrogen and oxygen atoms in total. The van der Waals surface area contributed by atoms with Crippen LogP contribution in [0.4, 0.5) is 0 Å². The number of imidazole rings is 1. The molecule has 80 valence electrons. The second-order valence-electron chi connectivity index (χ2n) is 4.39. The predicted molar refractivity (Wildman–Crippen MR) is 58.4 cm³/mol. The summed E-state index contributed by atoms with van der Waals surface area (Å²) in [5, 5.41) is 4.37. The van der Waals surface area contributed by atoms with E-state index in [2.05, 4.69) is 21.9 Å². The molecule has 0 spiro atoms. The third-order valence-corrected chi connectivity index (χ3v) is 3.34. The van der Waals surface area contributed by atoms with Crippen molar-refractivity contribution in [3.05, 3.63) is 24.2 Å². The van der Waals surface area contributed by atoms with Crippen LogP contribution in [-0.4, -0.2) is 14.2 Å². The maximum absolute atomic E-state index is 5.58. The van der Waals surface area contributed by atoms with Gasteiger partial charge in [0.05, 0.1) is 5.69 Å². The molecular weight excluding hydrogens is 188 g/mol. The van der Waals surface area contributed by atoms with Crippen molar-refractivity contribution in [3.63, 3.8) is 0 Å². The highest BCUT2D eigenvalue weighted by Crippen LogP contribution is 2.28. The van der Waals surface area contributed by atoms with Gasteiger partial charge in [-0.3, -0.25) is 0 Å². The molecule has 0 unspecified atom stereocenters. The Labute approximate surface area is 88.7 Å². The van der Waals surface area contributed by atoms with E-state index in [1.807, 2.05) is 10.7 Å². The molecule has 2 aromatic rings. The van der Waals surface area contributed by atoms with Crippen molar-refractivity contribution in [2.75, 3.05) is 0 Å². The number of aromatic nitrogens is 3. The van der Waals surface area contributed by atoms with Crippen LogP contribution in [0.15, 0.2) is 18.5 Å². The summed E-state index contributed by atoms with van der Waals surface area (Å²) < 4.78 is 4.21. The summed E-state index contributed by atoms with van der Waals surface area (Å²) in [4.78, 5) is 0. The van der Waals surface area contributed by atoms with Gasteiger partial charge in [0.15, 0.2) is 0 Å². The molecule has 4 heteroatoms. The summed E-state index contributed by atoms with van der Waals surface area (Å²) in [7, 11) is 0. The van der Waals surface area contributed by atoms with Gasteiger partial charge in [-0.2, -0.15) is 5.10 Å². The topological polar surface area (TPSA) is 48.2 Å². The highest BCUT2D eigenvalue weighted by Gasteiger charge is 2.18. The average molecular weight is 204 g/mol. The minimum atomic E-state index is 0.519. The monoisotopic (exact) mass is 204 g/mol. The molecule has 0 aliphatic heterocycles. The minimum Gasteiger partial charge on any atom is -0.331 e. The van der Waals surface area contributed by atoms with Gasteiger partial charge < -0.3 is 10.3 Å². The minimum absolute atomic E-state index is 0.519. The van der Waals surface area contributed by atoms with Crippen LogP contribution in [0.3, 0.4) is 0 Å². The maximum Gasteiger partial charge on any atom is 0.136 e. The molecule has 15 heavy (non-hydrogen) atoms. The Morgan fingerprint density at radius 2 is 2.27 bits per heavy atom. The SMILES string of the molecule is NCc1cc2n(CC3CCC3)ccn2n1. The number of rotatable bonds is 3. The van der Waals surface area contributed by atoms with Crippen molar-refractivity contribution < 1.29 is 0 Å². The van der Waals surface area contributed by atoms with E-state index in [0.717, 1.165) is 18.2 Å². The lowest BCUT2D eigenvalue weighted by Crippen LogP contribution is -2.17. The lowest BCUT2D eigenvalue weighted by Gasteiger charge is -2.25. The van der Waals surface area contributed by atoms with Crippen LogP contribution in [0.25, 0.3) is 5.65 Å². The smallest absolute Gasteiger partial charge is 0.136 e. The van der Waals surface area contributed by atoms with Gasteiger partial charge in [0.25, 0.3) is 0 Å². The van der Waals surface area contributed by atoms with E-state index in [4.69, 9.17) is 5.73 Å². The lowest BCUT2D eigenvalue weighted by molar-refractivity contribution is 0.279. The fourth-order valence-corrected chi connectivity index (χ4v) is 2.19. The highest BCUT2D eigenvalue weighted by atomic mass is 15.3. The zero-order valence-electron chi connectivity index (χ0n) is 8.76. The molecule has 2 heterocycles. The zero-order chi connectivity index (χ0) is 10.3. The van der Waals surface area contributed by atoms with Gasteiger partial charge in [0, 0.05) is 31.5 Å². The van der Waals surface area contributed by atoms with Crippen molar-refractivity contribution in [1.82, 2.24) is 14.2 Å². The third kappa shape index (κ3) is 1.45. The molecule has 1 fully saturated rings. The van der Waals surface area contributed by atoms with Gasteiger partial charge in [0.1, 0.15) is 5.65 Å². The Morgan fingerprint density at radius 1 is 1.40 bits per heavy atom. The Bertz CT molecular complexity index is 464. The number of hydrogen-bond acceptors (Lipinski definition) is 2. The van der Waals surface area contributed by atoms with Gasteiger partial charge in [-0.05, 0) is 18.8 Å². The Kier molecular flexibility index (Phi) is 2.02. The fraction of sp³-hybridized carbons (Fsp3) is 0.545. The van der Waals surface area contributed by atoms with Crippen LogP contribution in [-0.2, 0) is 13.1 Å². The zero-order valence-corrected chi connectivity index (χ0v) is 8.76. The summed E-state index contributed by atoms with van der Waals surface area (Å²) in [5.74, 6) is 0.873. The maximum atomic E-state index is 5.58. The molecule has 0 aromatic carbocycles. The molecule has 1 aliphatic rings. The molecule has 1 aliphatic carbocycles. The molecule has 0 atom stereocenters. The molecule has 0 amide bonds. The number of nitrogens with zero attached hydrogens (tertiary/aromatic N) is 3. The van der Waals surface area contributed by atoms with E-state index in [1.165, 1.54) is 24.9 Å². The van der Waals surface area contributed by atoms with E-state index < -0.39 is 0 Å². The van der Waals surface area contributed by atoms with Gasteiger partial charge >= 0.3 is 0 Å². The van der Waals surface area contributed by atoms with Crippen molar-refractivity contribution in [3.8, 4) is 0 Å². The molecule has 2 aromatic heterocycles. The van der Waals surface area contributed by atoms with Crippen molar-refractivity contribution in [2.24, 2.45) is 11.7 Å². The highest BCUT2D eigenvalue weighted by molar-refractivity contribution is 5.41. The van der Waals surface area contributed by atoms with Crippen molar-refractivity contribution in [1.29, 1.82) is 0 Å². The summed E-state index contributed by atoms with van der Waals surface area (Å²) >= 11 is 0. The molecular formula is C11H16N4. The van der Waals surface area contributed by atoms with Crippen LogP contribution in [0.2, 0.25) is 0 Å². The molecule has 3 rings (SSSR count). The van der Waals surface area contributed by atoms with Gasteiger partial charge in [0.2, 0.25) is 0 Å². The summed E-state index contributed by atoms with van der Waals surface area (Å²) in [6.45, 7) is 1.65. The second-order valence-corrected chi connectivity index (χ2v) is 4.39. The van der Waals surface area contributed by atoms with Gasteiger partial charge in [-0.1, -0.05) is 6.42 Å². The summed E-state index contributed by atoms with van der Waals surface area (Å²) in [5.41, 5.74) is 7.71. The van der Waals surface area contributed by atoms with Crippen LogP contribution >= 0.6 is 0 Å². The van der Waals surface area contributed by atoms with Crippen molar-refractivity contribution in [2.45, 2.75) is 32.4 Å². The first-order chi connectivity index (χ1) is 7.36.